The zero-order valence-electron chi connectivity index (χ0n) is 11.2. The van der Waals surface area contributed by atoms with E-state index in [2.05, 4.69) is 5.10 Å². The van der Waals surface area contributed by atoms with E-state index in [-0.39, 0.29) is 11.9 Å². The average Bonchev–Trinajstić information content (AvgIpc) is 2.94. The number of hydrogen-bond acceptors (Lipinski definition) is 3. The number of carbonyl (C=O) groups is 1. The summed E-state index contributed by atoms with van der Waals surface area (Å²) in [5.74, 6) is 0.0882. The Balaban J connectivity index is 2.14. The molecule has 4 nitrogen and oxygen atoms in total. The minimum Gasteiger partial charge on any atom is -0.382 e. The molecule has 1 heterocycles. The quantitative estimate of drug-likeness (QED) is 0.748. The van der Waals surface area contributed by atoms with Crippen LogP contribution in [0.15, 0.2) is 42.6 Å². The standard InChI is InChI=1S/C15H18N2O2/c1-12(19-2)8-9-15(18)14-10-11-16-17(14)13-6-4-3-5-7-13/h3-7,10-12H,8-9H2,1-2H3. The summed E-state index contributed by atoms with van der Waals surface area (Å²) in [6, 6.07) is 11.4. The van der Waals surface area contributed by atoms with Crippen LogP contribution < -0.4 is 0 Å². The number of Topliss-reactive ketones (excluding diaryl/α,β-unsaturated/α-hetero) is 1. The maximum Gasteiger partial charge on any atom is 0.181 e. The maximum atomic E-state index is 12.2. The van der Waals surface area contributed by atoms with Crippen LogP contribution in [0.5, 0.6) is 0 Å². The van der Waals surface area contributed by atoms with E-state index in [1.165, 1.54) is 0 Å². The number of ether oxygens (including phenoxy) is 1. The zero-order chi connectivity index (χ0) is 13.7. The summed E-state index contributed by atoms with van der Waals surface area (Å²) in [7, 11) is 1.66. The molecule has 0 aliphatic rings. The molecule has 0 saturated heterocycles. The van der Waals surface area contributed by atoms with Crippen molar-refractivity contribution in [1.29, 1.82) is 0 Å². The Morgan fingerprint density at radius 2 is 2.05 bits per heavy atom. The van der Waals surface area contributed by atoms with Crippen molar-refractivity contribution in [1.82, 2.24) is 9.78 Å². The lowest BCUT2D eigenvalue weighted by molar-refractivity contribution is 0.0872. The molecule has 0 spiro atoms. The third kappa shape index (κ3) is 3.29. The van der Waals surface area contributed by atoms with Gasteiger partial charge in [-0.05, 0) is 31.5 Å². The van der Waals surface area contributed by atoms with Crippen LogP contribution in [0.25, 0.3) is 5.69 Å². The van der Waals surface area contributed by atoms with Gasteiger partial charge in [-0.25, -0.2) is 4.68 Å². The molecule has 2 aromatic rings. The molecule has 4 heteroatoms. The van der Waals surface area contributed by atoms with Gasteiger partial charge in [-0.2, -0.15) is 5.10 Å². The lowest BCUT2D eigenvalue weighted by Crippen LogP contribution is -2.12. The zero-order valence-corrected chi connectivity index (χ0v) is 11.2. The third-order valence-electron chi connectivity index (χ3n) is 3.11. The van der Waals surface area contributed by atoms with E-state index in [9.17, 15) is 4.79 Å². The SMILES string of the molecule is COC(C)CCC(=O)c1ccnn1-c1ccccc1. The molecule has 1 aromatic carbocycles. The highest BCUT2D eigenvalue weighted by Crippen LogP contribution is 2.13. The van der Waals surface area contributed by atoms with E-state index < -0.39 is 0 Å². The molecule has 0 bridgehead atoms. The first-order valence-electron chi connectivity index (χ1n) is 6.38. The molecule has 1 unspecified atom stereocenters. The fourth-order valence-electron chi connectivity index (χ4n) is 1.87. The Morgan fingerprint density at radius 1 is 1.32 bits per heavy atom. The van der Waals surface area contributed by atoms with Crippen molar-refractivity contribution in [2.45, 2.75) is 25.9 Å². The second-order valence-corrected chi connectivity index (χ2v) is 4.47. The maximum absolute atomic E-state index is 12.2. The molecule has 0 N–H and O–H groups in total. The number of para-hydroxylation sites is 1. The van der Waals surface area contributed by atoms with Gasteiger partial charge in [-0.3, -0.25) is 4.79 Å². The Morgan fingerprint density at radius 3 is 2.74 bits per heavy atom. The Hall–Kier alpha value is -1.94. The van der Waals surface area contributed by atoms with E-state index in [0.29, 0.717) is 12.1 Å². The molecule has 1 aromatic heterocycles. The highest BCUT2D eigenvalue weighted by atomic mass is 16.5. The summed E-state index contributed by atoms with van der Waals surface area (Å²) in [6.07, 6.45) is 2.93. The van der Waals surface area contributed by atoms with Crippen LogP contribution in [-0.4, -0.2) is 28.8 Å². The van der Waals surface area contributed by atoms with Gasteiger partial charge >= 0.3 is 0 Å². The van der Waals surface area contributed by atoms with E-state index in [1.54, 1.807) is 24.1 Å². The second kappa shape index (κ2) is 6.29. The highest BCUT2D eigenvalue weighted by Gasteiger charge is 2.14. The normalized spacial score (nSPS) is 12.3. The van der Waals surface area contributed by atoms with Crippen LogP contribution in [-0.2, 0) is 4.74 Å². The number of benzene rings is 1. The summed E-state index contributed by atoms with van der Waals surface area (Å²) in [4.78, 5) is 12.2. The number of aromatic nitrogens is 2. The molecule has 1 atom stereocenters. The topological polar surface area (TPSA) is 44.1 Å². The van der Waals surface area contributed by atoms with Gasteiger partial charge in [0.1, 0.15) is 5.69 Å². The van der Waals surface area contributed by atoms with Crippen LogP contribution in [0.2, 0.25) is 0 Å². The summed E-state index contributed by atoms with van der Waals surface area (Å²) in [5.41, 5.74) is 1.52. The van der Waals surface area contributed by atoms with Gasteiger partial charge in [-0.1, -0.05) is 18.2 Å². The highest BCUT2D eigenvalue weighted by molar-refractivity contribution is 5.94. The molecule has 0 aliphatic heterocycles. The van der Waals surface area contributed by atoms with Gasteiger partial charge in [0, 0.05) is 13.5 Å². The fraction of sp³-hybridized carbons (Fsp3) is 0.333. The molecule has 100 valence electrons. The van der Waals surface area contributed by atoms with Crippen LogP contribution in [0.3, 0.4) is 0 Å². The molecule has 0 aliphatic carbocycles. The molecule has 2 rings (SSSR count). The lowest BCUT2D eigenvalue weighted by Gasteiger charge is -2.09. The number of methoxy groups -OCH3 is 1. The average molecular weight is 258 g/mol. The van der Waals surface area contributed by atoms with Crippen LogP contribution in [0, 0.1) is 0 Å². The molecule has 0 saturated carbocycles. The predicted octanol–water partition coefficient (Wildman–Crippen LogP) is 2.87. The monoisotopic (exact) mass is 258 g/mol. The Bertz CT molecular complexity index is 534. The third-order valence-corrected chi connectivity index (χ3v) is 3.11. The number of rotatable bonds is 6. The summed E-state index contributed by atoms with van der Waals surface area (Å²) >= 11 is 0. The van der Waals surface area contributed by atoms with Crippen molar-refractivity contribution in [3.05, 3.63) is 48.3 Å². The molecular weight excluding hydrogens is 240 g/mol. The van der Waals surface area contributed by atoms with Gasteiger partial charge in [0.2, 0.25) is 0 Å². The van der Waals surface area contributed by atoms with Gasteiger partial charge in [0.05, 0.1) is 18.0 Å². The van der Waals surface area contributed by atoms with Crippen molar-refractivity contribution in [3.63, 3.8) is 0 Å². The van der Waals surface area contributed by atoms with E-state index >= 15 is 0 Å². The first-order valence-corrected chi connectivity index (χ1v) is 6.38. The number of carbonyl (C=O) groups excluding carboxylic acids is 1. The second-order valence-electron chi connectivity index (χ2n) is 4.47. The van der Waals surface area contributed by atoms with Gasteiger partial charge in [-0.15, -0.1) is 0 Å². The van der Waals surface area contributed by atoms with Crippen molar-refractivity contribution in [2.24, 2.45) is 0 Å². The summed E-state index contributed by atoms with van der Waals surface area (Å²) < 4.78 is 6.84. The molecule has 19 heavy (non-hydrogen) atoms. The predicted molar refractivity (Wildman–Crippen MR) is 73.6 cm³/mol. The molecule has 0 amide bonds. The molecular formula is C15H18N2O2. The first kappa shape index (κ1) is 13.5. The van der Waals surface area contributed by atoms with Crippen LogP contribution >= 0.6 is 0 Å². The van der Waals surface area contributed by atoms with E-state index in [4.69, 9.17) is 4.74 Å². The van der Waals surface area contributed by atoms with E-state index in [0.717, 1.165) is 12.1 Å². The van der Waals surface area contributed by atoms with E-state index in [1.807, 2.05) is 37.3 Å². The van der Waals surface area contributed by atoms with Crippen LogP contribution in [0.4, 0.5) is 0 Å². The minimum atomic E-state index is 0.0882. The van der Waals surface area contributed by atoms with Crippen molar-refractivity contribution < 1.29 is 9.53 Å². The fourth-order valence-corrected chi connectivity index (χ4v) is 1.87. The molecule has 0 fully saturated rings. The number of nitrogens with zero attached hydrogens (tertiary/aromatic N) is 2. The van der Waals surface area contributed by atoms with Crippen molar-refractivity contribution >= 4 is 5.78 Å². The Labute approximate surface area is 113 Å². The van der Waals surface area contributed by atoms with Crippen LogP contribution in [0.1, 0.15) is 30.3 Å². The van der Waals surface area contributed by atoms with Crippen molar-refractivity contribution in [2.75, 3.05) is 7.11 Å². The first-order chi connectivity index (χ1) is 9.22. The van der Waals surface area contributed by atoms with Gasteiger partial charge in [0.15, 0.2) is 5.78 Å². The van der Waals surface area contributed by atoms with Gasteiger partial charge in [0.25, 0.3) is 0 Å². The number of ketones is 1. The minimum absolute atomic E-state index is 0.0882. The Kier molecular flexibility index (Phi) is 4.47. The molecule has 0 radical (unpaired) electrons. The summed E-state index contributed by atoms with van der Waals surface area (Å²) in [6.45, 7) is 1.96. The largest absolute Gasteiger partial charge is 0.382 e. The summed E-state index contributed by atoms with van der Waals surface area (Å²) in [5, 5.41) is 4.22. The lowest BCUT2D eigenvalue weighted by atomic mass is 10.1. The van der Waals surface area contributed by atoms with Gasteiger partial charge < -0.3 is 4.74 Å². The van der Waals surface area contributed by atoms with Crippen molar-refractivity contribution in [3.8, 4) is 5.69 Å². The number of hydrogen-bond donors (Lipinski definition) is 0. The smallest absolute Gasteiger partial charge is 0.181 e.